The SMILES string of the molecule is Cc1nc(COC[C@@H]2CCCNC2)co1. The van der Waals surface area contributed by atoms with Gasteiger partial charge in [-0.3, -0.25) is 0 Å². The quantitative estimate of drug-likeness (QED) is 0.818. The van der Waals surface area contributed by atoms with E-state index in [1.54, 1.807) is 6.26 Å². The van der Waals surface area contributed by atoms with Crippen LogP contribution in [0.3, 0.4) is 0 Å². The highest BCUT2D eigenvalue weighted by molar-refractivity contribution is 4.92. The molecule has 1 aliphatic heterocycles. The third-order valence-corrected chi connectivity index (χ3v) is 2.67. The Morgan fingerprint density at radius 2 is 2.60 bits per heavy atom. The lowest BCUT2D eigenvalue weighted by Crippen LogP contribution is -2.32. The van der Waals surface area contributed by atoms with Gasteiger partial charge in [-0.15, -0.1) is 0 Å². The van der Waals surface area contributed by atoms with Gasteiger partial charge in [0.25, 0.3) is 0 Å². The third-order valence-electron chi connectivity index (χ3n) is 2.67. The molecule has 0 radical (unpaired) electrons. The number of oxazole rings is 1. The summed E-state index contributed by atoms with van der Waals surface area (Å²) in [4.78, 5) is 4.19. The normalized spacial score (nSPS) is 21.8. The first-order valence-electron chi connectivity index (χ1n) is 5.54. The second-order valence-corrected chi connectivity index (χ2v) is 4.09. The van der Waals surface area contributed by atoms with Crippen LogP contribution in [-0.2, 0) is 11.3 Å². The predicted molar refractivity (Wildman–Crippen MR) is 56.5 cm³/mol. The van der Waals surface area contributed by atoms with Crippen LogP contribution < -0.4 is 5.32 Å². The number of ether oxygens (including phenoxy) is 1. The molecule has 0 spiro atoms. The molecule has 1 atom stereocenters. The number of hydrogen-bond acceptors (Lipinski definition) is 4. The Labute approximate surface area is 90.0 Å². The second kappa shape index (κ2) is 5.28. The number of nitrogens with zero attached hydrogens (tertiary/aromatic N) is 1. The van der Waals surface area contributed by atoms with Crippen molar-refractivity contribution >= 4 is 0 Å². The van der Waals surface area contributed by atoms with Gasteiger partial charge in [0.05, 0.1) is 13.2 Å². The topological polar surface area (TPSA) is 47.3 Å². The largest absolute Gasteiger partial charge is 0.449 e. The maximum atomic E-state index is 5.61. The molecule has 0 aliphatic carbocycles. The molecule has 1 N–H and O–H groups in total. The Bertz CT molecular complexity index is 293. The standard InChI is InChI=1S/C11H18N2O2/c1-9-13-11(8-15-9)7-14-6-10-3-2-4-12-5-10/h8,10,12H,2-7H2,1H3/t10-/m1/s1. The molecule has 0 aromatic carbocycles. The summed E-state index contributed by atoms with van der Waals surface area (Å²) in [6.45, 7) is 5.46. The molecular weight excluding hydrogens is 192 g/mol. The number of aromatic nitrogens is 1. The van der Waals surface area contributed by atoms with Crippen molar-refractivity contribution < 1.29 is 9.15 Å². The molecule has 4 heteroatoms. The highest BCUT2D eigenvalue weighted by Gasteiger charge is 2.12. The van der Waals surface area contributed by atoms with Gasteiger partial charge in [0.15, 0.2) is 5.89 Å². The summed E-state index contributed by atoms with van der Waals surface area (Å²) < 4.78 is 10.7. The molecule has 4 nitrogen and oxygen atoms in total. The van der Waals surface area contributed by atoms with E-state index in [1.165, 1.54) is 12.8 Å². The van der Waals surface area contributed by atoms with E-state index in [0.717, 1.165) is 25.4 Å². The number of hydrogen-bond donors (Lipinski definition) is 1. The van der Waals surface area contributed by atoms with Crippen LogP contribution in [0.5, 0.6) is 0 Å². The van der Waals surface area contributed by atoms with Crippen LogP contribution in [0.4, 0.5) is 0 Å². The van der Waals surface area contributed by atoms with Crippen LogP contribution in [0.15, 0.2) is 10.7 Å². The van der Waals surface area contributed by atoms with Gasteiger partial charge in [-0.25, -0.2) is 4.98 Å². The van der Waals surface area contributed by atoms with Crippen LogP contribution in [-0.4, -0.2) is 24.7 Å². The van der Waals surface area contributed by atoms with Crippen LogP contribution in [0.25, 0.3) is 0 Å². The number of nitrogens with one attached hydrogen (secondary N) is 1. The van der Waals surface area contributed by atoms with Crippen LogP contribution in [0.1, 0.15) is 24.4 Å². The van der Waals surface area contributed by atoms with Crippen molar-refractivity contribution in [1.29, 1.82) is 0 Å². The lowest BCUT2D eigenvalue weighted by molar-refractivity contribution is 0.0763. The van der Waals surface area contributed by atoms with Crippen molar-refractivity contribution in [2.24, 2.45) is 5.92 Å². The molecule has 1 fully saturated rings. The van der Waals surface area contributed by atoms with Crippen molar-refractivity contribution in [3.63, 3.8) is 0 Å². The summed E-state index contributed by atoms with van der Waals surface area (Å²) in [6, 6.07) is 0. The van der Waals surface area contributed by atoms with Gasteiger partial charge in [-0.05, 0) is 25.3 Å². The zero-order valence-corrected chi connectivity index (χ0v) is 9.16. The molecule has 0 amide bonds. The van der Waals surface area contributed by atoms with E-state index in [2.05, 4.69) is 10.3 Å². The van der Waals surface area contributed by atoms with Gasteiger partial charge in [-0.2, -0.15) is 0 Å². The van der Waals surface area contributed by atoms with E-state index in [1.807, 2.05) is 6.92 Å². The monoisotopic (exact) mass is 210 g/mol. The van der Waals surface area contributed by atoms with Crippen molar-refractivity contribution in [2.75, 3.05) is 19.7 Å². The first-order chi connectivity index (χ1) is 7.34. The van der Waals surface area contributed by atoms with E-state index in [9.17, 15) is 0 Å². The van der Waals surface area contributed by atoms with Crippen molar-refractivity contribution in [2.45, 2.75) is 26.4 Å². The van der Waals surface area contributed by atoms with Gasteiger partial charge in [-0.1, -0.05) is 0 Å². The average molecular weight is 210 g/mol. The number of aryl methyl sites for hydroxylation is 1. The number of rotatable bonds is 4. The van der Waals surface area contributed by atoms with Crippen LogP contribution in [0, 0.1) is 12.8 Å². The van der Waals surface area contributed by atoms with Crippen LogP contribution >= 0.6 is 0 Å². The maximum absolute atomic E-state index is 5.61. The minimum atomic E-state index is 0.563. The van der Waals surface area contributed by atoms with Gasteiger partial charge >= 0.3 is 0 Å². The summed E-state index contributed by atoms with van der Waals surface area (Å²) in [5, 5.41) is 3.37. The highest BCUT2D eigenvalue weighted by Crippen LogP contribution is 2.11. The lowest BCUT2D eigenvalue weighted by Gasteiger charge is -2.22. The molecule has 0 saturated carbocycles. The fourth-order valence-corrected chi connectivity index (χ4v) is 1.87. The molecule has 0 bridgehead atoms. The first-order valence-corrected chi connectivity index (χ1v) is 5.54. The third kappa shape index (κ3) is 3.32. The van der Waals surface area contributed by atoms with Gasteiger partial charge in [0, 0.05) is 13.5 Å². The smallest absolute Gasteiger partial charge is 0.191 e. The molecule has 2 rings (SSSR count). The van der Waals surface area contributed by atoms with E-state index in [0.29, 0.717) is 18.4 Å². The fourth-order valence-electron chi connectivity index (χ4n) is 1.87. The van der Waals surface area contributed by atoms with E-state index >= 15 is 0 Å². The minimum Gasteiger partial charge on any atom is -0.449 e. The van der Waals surface area contributed by atoms with Gasteiger partial charge in [0.1, 0.15) is 12.0 Å². The molecule has 0 unspecified atom stereocenters. The second-order valence-electron chi connectivity index (χ2n) is 4.09. The van der Waals surface area contributed by atoms with Crippen LogP contribution in [0.2, 0.25) is 0 Å². The Kier molecular flexibility index (Phi) is 3.75. The van der Waals surface area contributed by atoms with Gasteiger partial charge in [0.2, 0.25) is 0 Å². The van der Waals surface area contributed by atoms with E-state index in [4.69, 9.17) is 9.15 Å². The molecule has 1 aromatic rings. The Morgan fingerprint density at radius 1 is 1.67 bits per heavy atom. The maximum Gasteiger partial charge on any atom is 0.191 e. The molecule has 1 aliphatic rings. The summed E-state index contributed by atoms with van der Waals surface area (Å²) in [5.74, 6) is 1.36. The van der Waals surface area contributed by atoms with E-state index < -0.39 is 0 Å². The lowest BCUT2D eigenvalue weighted by atomic mass is 10.0. The zero-order chi connectivity index (χ0) is 10.5. The number of piperidine rings is 1. The molecule has 15 heavy (non-hydrogen) atoms. The molecule has 1 aromatic heterocycles. The molecule has 2 heterocycles. The van der Waals surface area contributed by atoms with Crippen molar-refractivity contribution in [3.05, 3.63) is 17.8 Å². The average Bonchev–Trinajstić information content (AvgIpc) is 2.66. The fraction of sp³-hybridized carbons (Fsp3) is 0.727. The molecular formula is C11H18N2O2. The molecule has 1 saturated heterocycles. The summed E-state index contributed by atoms with van der Waals surface area (Å²) in [6.07, 6.45) is 4.19. The molecule has 84 valence electrons. The zero-order valence-electron chi connectivity index (χ0n) is 9.16. The van der Waals surface area contributed by atoms with Crippen molar-refractivity contribution in [3.8, 4) is 0 Å². The Morgan fingerprint density at radius 3 is 3.27 bits per heavy atom. The van der Waals surface area contributed by atoms with Crippen molar-refractivity contribution in [1.82, 2.24) is 10.3 Å². The Hall–Kier alpha value is -0.870. The van der Waals surface area contributed by atoms with E-state index in [-0.39, 0.29) is 0 Å². The summed E-state index contributed by atoms with van der Waals surface area (Å²) in [7, 11) is 0. The predicted octanol–water partition coefficient (Wildman–Crippen LogP) is 1.50. The summed E-state index contributed by atoms with van der Waals surface area (Å²) in [5.41, 5.74) is 0.885. The first kappa shape index (κ1) is 10.6. The minimum absolute atomic E-state index is 0.563. The van der Waals surface area contributed by atoms with Gasteiger partial charge < -0.3 is 14.5 Å². The Balaban J connectivity index is 1.65. The summed E-state index contributed by atoms with van der Waals surface area (Å²) >= 11 is 0. The highest BCUT2D eigenvalue weighted by atomic mass is 16.5.